The van der Waals surface area contributed by atoms with E-state index in [1.807, 2.05) is 17.7 Å². The van der Waals surface area contributed by atoms with E-state index in [2.05, 4.69) is 10.1 Å². The minimum atomic E-state index is -3.05. The molecular weight excluding hydrogens is 312 g/mol. The van der Waals surface area contributed by atoms with Gasteiger partial charge in [-0.3, -0.25) is 4.98 Å². The Balaban J connectivity index is 1.71. The highest BCUT2D eigenvalue weighted by Gasteiger charge is 2.31. The average Bonchev–Trinajstić information content (AvgIpc) is 3.19. The van der Waals surface area contributed by atoms with E-state index >= 15 is 0 Å². The number of allylic oxidation sites excluding steroid dienone is 1. The summed E-state index contributed by atoms with van der Waals surface area (Å²) in [5, 5.41) is 6.00. The highest BCUT2D eigenvalue weighted by molar-refractivity contribution is 7.94. The lowest BCUT2D eigenvalue weighted by Crippen LogP contribution is -2.13. The smallest absolute Gasteiger partial charge is 0.171 e. The topological polar surface area (TPSA) is 77.7 Å². The van der Waals surface area contributed by atoms with E-state index in [9.17, 15) is 8.42 Å². The zero-order valence-corrected chi connectivity index (χ0v) is 13.7. The van der Waals surface area contributed by atoms with Crippen molar-refractivity contribution >= 4 is 9.84 Å². The van der Waals surface area contributed by atoms with Crippen molar-refractivity contribution in [2.75, 3.05) is 5.75 Å². The monoisotopic (exact) mass is 330 g/mol. The number of aryl methyl sites for hydroxylation is 1. The van der Waals surface area contributed by atoms with E-state index in [0.717, 1.165) is 35.7 Å². The summed E-state index contributed by atoms with van der Waals surface area (Å²) in [4.78, 5) is 8.83. The second kappa shape index (κ2) is 5.26. The molecule has 0 spiro atoms. The van der Waals surface area contributed by atoms with Gasteiger partial charge in [-0.2, -0.15) is 5.10 Å². The summed E-state index contributed by atoms with van der Waals surface area (Å²) in [7, 11) is -3.05. The lowest BCUT2D eigenvalue weighted by molar-refractivity contribution is 0.593. The number of hydrogen-bond donors (Lipinski definition) is 0. The number of aromatic nitrogens is 4. The van der Waals surface area contributed by atoms with Gasteiger partial charge in [0, 0.05) is 30.1 Å². The van der Waals surface area contributed by atoms with E-state index in [0.29, 0.717) is 12.3 Å². The summed E-state index contributed by atoms with van der Waals surface area (Å²) in [6.45, 7) is 1.99. The van der Waals surface area contributed by atoms with Crippen LogP contribution in [0.4, 0.5) is 0 Å². The third kappa shape index (κ3) is 2.93. The molecule has 2 aromatic heterocycles. The fourth-order valence-corrected chi connectivity index (χ4v) is 4.31. The predicted molar refractivity (Wildman–Crippen MR) is 86.0 cm³/mol. The van der Waals surface area contributed by atoms with Gasteiger partial charge >= 0.3 is 0 Å². The van der Waals surface area contributed by atoms with E-state index in [1.54, 1.807) is 18.5 Å². The molecule has 0 aromatic carbocycles. The van der Waals surface area contributed by atoms with Gasteiger partial charge in [0.05, 0.1) is 11.4 Å². The first-order chi connectivity index (χ1) is 11.0. The highest BCUT2D eigenvalue weighted by atomic mass is 32.2. The molecule has 1 atom stereocenters. The van der Waals surface area contributed by atoms with Gasteiger partial charge < -0.3 is 0 Å². The van der Waals surface area contributed by atoms with E-state index in [4.69, 9.17) is 4.98 Å². The molecule has 0 radical (unpaired) electrons. The van der Waals surface area contributed by atoms with Crippen molar-refractivity contribution in [1.82, 2.24) is 19.7 Å². The lowest BCUT2D eigenvalue weighted by atomic mass is 10.1. The van der Waals surface area contributed by atoms with Crippen LogP contribution < -0.4 is 0 Å². The third-order valence-corrected chi connectivity index (χ3v) is 5.77. The maximum Gasteiger partial charge on any atom is 0.171 e. The van der Waals surface area contributed by atoms with Gasteiger partial charge in [0.25, 0.3) is 0 Å². The Morgan fingerprint density at radius 1 is 1.35 bits per heavy atom. The van der Waals surface area contributed by atoms with Crippen LogP contribution in [0.2, 0.25) is 0 Å². The second-order valence-electron chi connectivity index (χ2n) is 6.36. The lowest BCUT2D eigenvalue weighted by Gasteiger charge is -2.10. The number of pyridine rings is 1. The minimum absolute atomic E-state index is 0.0304. The van der Waals surface area contributed by atoms with Crippen LogP contribution in [-0.4, -0.2) is 33.9 Å². The standard InChI is InChI=1S/C16H18N4O2S/c1-11-9-17-6-4-14(11)20-15(18-16(19-20)13-2-3-13)8-12-5-7-23(21,22)10-12/h4-7,9,12-13H,2-3,8,10H2,1H3. The number of rotatable bonds is 4. The van der Waals surface area contributed by atoms with Crippen LogP contribution in [0, 0.1) is 12.8 Å². The van der Waals surface area contributed by atoms with Crippen molar-refractivity contribution in [1.29, 1.82) is 0 Å². The third-order valence-electron chi connectivity index (χ3n) is 4.30. The maximum absolute atomic E-state index is 11.6. The van der Waals surface area contributed by atoms with Gasteiger partial charge in [-0.1, -0.05) is 6.08 Å². The van der Waals surface area contributed by atoms with Crippen molar-refractivity contribution in [2.45, 2.75) is 32.1 Å². The molecule has 2 aliphatic rings. The van der Waals surface area contributed by atoms with Crippen molar-refractivity contribution in [3.8, 4) is 5.69 Å². The number of sulfone groups is 1. The SMILES string of the molecule is Cc1cnccc1-n1nc(C2CC2)nc1CC1C=CS(=O)(=O)C1. The molecule has 2 aromatic rings. The molecule has 0 N–H and O–H groups in total. The van der Waals surface area contributed by atoms with Gasteiger partial charge in [-0.25, -0.2) is 18.1 Å². The fraction of sp³-hybridized carbons (Fsp3) is 0.438. The molecule has 0 bridgehead atoms. The average molecular weight is 330 g/mol. The molecular formula is C16H18N4O2S. The Labute approximate surface area is 135 Å². The Kier molecular flexibility index (Phi) is 3.33. The first kappa shape index (κ1) is 14.6. The van der Waals surface area contributed by atoms with Crippen LogP contribution in [0.25, 0.3) is 5.69 Å². The Morgan fingerprint density at radius 2 is 2.17 bits per heavy atom. The molecule has 4 rings (SSSR count). The summed E-state index contributed by atoms with van der Waals surface area (Å²) in [6, 6.07) is 1.92. The molecule has 1 unspecified atom stereocenters. The zero-order valence-electron chi connectivity index (χ0n) is 12.9. The summed E-state index contributed by atoms with van der Waals surface area (Å²) >= 11 is 0. The molecule has 1 aliphatic carbocycles. The molecule has 120 valence electrons. The molecule has 23 heavy (non-hydrogen) atoms. The molecule has 3 heterocycles. The van der Waals surface area contributed by atoms with Gasteiger partial charge in [-0.05, 0) is 37.3 Å². The normalized spacial score (nSPS) is 22.6. The number of hydrogen-bond acceptors (Lipinski definition) is 5. The van der Waals surface area contributed by atoms with Crippen LogP contribution in [0.15, 0.2) is 29.9 Å². The van der Waals surface area contributed by atoms with Crippen molar-refractivity contribution in [3.05, 3.63) is 47.2 Å². The van der Waals surface area contributed by atoms with Crippen molar-refractivity contribution < 1.29 is 8.42 Å². The van der Waals surface area contributed by atoms with Gasteiger partial charge in [0.2, 0.25) is 0 Å². The van der Waals surface area contributed by atoms with E-state index < -0.39 is 9.84 Å². The number of nitrogens with zero attached hydrogens (tertiary/aromatic N) is 4. The van der Waals surface area contributed by atoms with Crippen LogP contribution >= 0.6 is 0 Å². The van der Waals surface area contributed by atoms with Crippen LogP contribution in [0.5, 0.6) is 0 Å². The minimum Gasteiger partial charge on any atom is -0.264 e. The molecule has 6 nitrogen and oxygen atoms in total. The Morgan fingerprint density at radius 3 is 2.83 bits per heavy atom. The molecule has 1 saturated carbocycles. The largest absolute Gasteiger partial charge is 0.264 e. The van der Waals surface area contributed by atoms with Crippen LogP contribution in [-0.2, 0) is 16.3 Å². The van der Waals surface area contributed by atoms with Gasteiger partial charge in [-0.15, -0.1) is 0 Å². The van der Waals surface area contributed by atoms with Gasteiger partial charge in [0.15, 0.2) is 15.7 Å². The zero-order chi connectivity index (χ0) is 16.0. The molecule has 0 saturated heterocycles. The van der Waals surface area contributed by atoms with E-state index in [1.165, 1.54) is 5.41 Å². The first-order valence-electron chi connectivity index (χ1n) is 7.79. The molecule has 1 fully saturated rings. The van der Waals surface area contributed by atoms with E-state index in [-0.39, 0.29) is 11.7 Å². The predicted octanol–water partition coefficient (Wildman–Crippen LogP) is 1.95. The van der Waals surface area contributed by atoms with Crippen molar-refractivity contribution in [2.24, 2.45) is 5.92 Å². The highest BCUT2D eigenvalue weighted by Crippen LogP contribution is 2.38. The van der Waals surface area contributed by atoms with Crippen LogP contribution in [0.3, 0.4) is 0 Å². The van der Waals surface area contributed by atoms with Gasteiger partial charge in [0.1, 0.15) is 5.82 Å². The van der Waals surface area contributed by atoms with Crippen LogP contribution in [0.1, 0.15) is 36.0 Å². The summed E-state index contributed by atoms with van der Waals surface area (Å²) in [5.41, 5.74) is 1.98. The fourth-order valence-electron chi connectivity index (χ4n) is 2.91. The van der Waals surface area contributed by atoms with Crippen molar-refractivity contribution in [3.63, 3.8) is 0 Å². The Hall–Kier alpha value is -2.02. The Bertz CT molecular complexity index is 881. The second-order valence-corrected chi connectivity index (χ2v) is 8.29. The first-order valence-corrected chi connectivity index (χ1v) is 9.51. The quantitative estimate of drug-likeness (QED) is 0.856. The summed E-state index contributed by atoms with van der Waals surface area (Å²) in [6.07, 6.45) is 8.16. The molecule has 1 aliphatic heterocycles. The molecule has 0 amide bonds. The maximum atomic E-state index is 11.6. The molecule has 7 heteroatoms. The summed E-state index contributed by atoms with van der Waals surface area (Å²) < 4.78 is 25.1. The summed E-state index contributed by atoms with van der Waals surface area (Å²) in [5.74, 6) is 2.29.